The number of carbonyl (C=O) groups is 1. The zero-order valence-electron chi connectivity index (χ0n) is 19.9. The van der Waals surface area contributed by atoms with Crippen LogP contribution in [-0.2, 0) is 4.79 Å². The van der Waals surface area contributed by atoms with E-state index in [9.17, 15) is 15.0 Å². The number of benzene rings is 3. The Labute approximate surface area is 203 Å². The zero-order chi connectivity index (χ0) is 25.4. The van der Waals surface area contributed by atoms with Gasteiger partial charge in [-0.2, -0.15) is 0 Å². The van der Waals surface area contributed by atoms with Gasteiger partial charge in [-0.15, -0.1) is 0 Å². The number of methoxy groups -OCH3 is 4. The van der Waals surface area contributed by atoms with Crippen molar-refractivity contribution in [3.63, 3.8) is 0 Å². The van der Waals surface area contributed by atoms with Crippen molar-refractivity contribution < 1.29 is 34.0 Å². The summed E-state index contributed by atoms with van der Waals surface area (Å²) in [7, 11) is 6.04. The molecule has 3 rings (SSSR count). The summed E-state index contributed by atoms with van der Waals surface area (Å²) in [6.45, 7) is 0. The van der Waals surface area contributed by atoms with Crippen LogP contribution in [0.2, 0.25) is 0 Å². The van der Waals surface area contributed by atoms with Gasteiger partial charge in [0.1, 0.15) is 5.75 Å². The molecule has 182 valence electrons. The topological polar surface area (TPSA) is 106 Å². The lowest BCUT2D eigenvalue weighted by Crippen LogP contribution is -2.08. The number of hydrogen-bond donors (Lipinski definition) is 3. The summed E-state index contributed by atoms with van der Waals surface area (Å²) in [5, 5.41) is 23.0. The first kappa shape index (κ1) is 25.0. The molecular formula is C27H27NO7. The first-order valence-corrected chi connectivity index (χ1v) is 10.6. The van der Waals surface area contributed by atoms with E-state index in [1.807, 2.05) is 6.08 Å². The Hall–Kier alpha value is -4.59. The molecule has 0 unspecified atom stereocenters. The lowest BCUT2D eigenvalue weighted by atomic mass is 10.1. The van der Waals surface area contributed by atoms with Crippen LogP contribution in [0.3, 0.4) is 0 Å². The lowest BCUT2D eigenvalue weighted by molar-refractivity contribution is -0.111. The van der Waals surface area contributed by atoms with Gasteiger partial charge in [-0.1, -0.05) is 30.4 Å². The van der Waals surface area contributed by atoms with E-state index in [1.165, 1.54) is 46.7 Å². The second-order valence-electron chi connectivity index (χ2n) is 7.29. The van der Waals surface area contributed by atoms with Crippen LogP contribution in [0.5, 0.6) is 34.5 Å². The molecule has 8 nitrogen and oxygen atoms in total. The summed E-state index contributed by atoms with van der Waals surface area (Å²) in [6.07, 6.45) is 6.35. The number of aromatic hydroxyl groups is 2. The van der Waals surface area contributed by atoms with Gasteiger partial charge in [-0.05, 0) is 47.5 Å². The second-order valence-corrected chi connectivity index (χ2v) is 7.29. The van der Waals surface area contributed by atoms with Gasteiger partial charge in [0, 0.05) is 11.6 Å². The Morgan fingerprint density at radius 1 is 0.771 bits per heavy atom. The van der Waals surface area contributed by atoms with Crippen molar-refractivity contribution >= 4 is 29.8 Å². The molecule has 8 heteroatoms. The van der Waals surface area contributed by atoms with Crippen LogP contribution in [0.25, 0.3) is 18.2 Å². The summed E-state index contributed by atoms with van der Waals surface area (Å²) in [6, 6.07) is 13.5. The molecule has 0 radical (unpaired) electrons. The van der Waals surface area contributed by atoms with Gasteiger partial charge in [0.25, 0.3) is 0 Å². The summed E-state index contributed by atoms with van der Waals surface area (Å²) in [5.74, 6) is 1.06. The van der Waals surface area contributed by atoms with Crippen LogP contribution in [0.4, 0.5) is 5.69 Å². The average Bonchev–Trinajstić information content (AvgIpc) is 2.87. The van der Waals surface area contributed by atoms with Crippen LogP contribution in [-0.4, -0.2) is 44.6 Å². The van der Waals surface area contributed by atoms with Crippen molar-refractivity contribution in [1.82, 2.24) is 0 Å². The molecule has 0 aliphatic heterocycles. The Morgan fingerprint density at radius 2 is 1.34 bits per heavy atom. The molecule has 0 bridgehead atoms. The van der Waals surface area contributed by atoms with Gasteiger partial charge in [0.2, 0.25) is 11.7 Å². The molecule has 0 saturated carbocycles. The highest BCUT2D eigenvalue weighted by molar-refractivity contribution is 6.03. The maximum absolute atomic E-state index is 12.5. The van der Waals surface area contributed by atoms with E-state index in [2.05, 4.69) is 5.32 Å². The van der Waals surface area contributed by atoms with E-state index in [-0.39, 0.29) is 22.9 Å². The number of phenols is 2. The Balaban J connectivity index is 1.88. The van der Waals surface area contributed by atoms with E-state index < -0.39 is 5.91 Å². The second kappa shape index (κ2) is 11.5. The third kappa shape index (κ3) is 6.05. The maximum atomic E-state index is 12.5. The van der Waals surface area contributed by atoms with Gasteiger partial charge < -0.3 is 34.5 Å². The van der Waals surface area contributed by atoms with Gasteiger partial charge >= 0.3 is 0 Å². The lowest BCUT2D eigenvalue weighted by Gasteiger charge is -2.13. The number of phenolic OH excluding ortho intramolecular Hbond substituents is 2. The predicted molar refractivity (Wildman–Crippen MR) is 135 cm³/mol. The molecule has 1 amide bonds. The number of para-hydroxylation sites is 1. The van der Waals surface area contributed by atoms with E-state index in [0.29, 0.717) is 28.4 Å². The Morgan fingerprint density at radius 3 is 1.91 bits per heavy atom. The van der Waals surface area contributed by atoms with E-state index >= 15 is 0 Å². The van der Waals surface area contributed by atoms with E-state index in [4.69, 9.17) is 18.9 Å². The molecule has 0 heterocycles. The fourth-order valence-electron chi connectivity index (χ4n) is 3.33. The predicted octanol–water partition coefficient (Wildman–Crippen LogP) is 4.95. The van der Waals surface area contributed by atoms with E-state index in [0.717, 1.165) is 5.56 Å². The number of rotatable bonds is 9. The van der Waals surface area contributed by atoms with Crippen molar-refractivity contribution in [2.75, 3.05) is 33.8 Å². The van der Waals surface area contributed by atoms with Crippen molar-refractivity contribution in [2.24, 2.45) is 0 Å². The zero-order valence-corrected chi connectivity index (χ0v) is 19.9. The first-order valence-electron chi connectivity index (χ1n) is 10.6. The minimum absolute atomic E-state index is 0.0555. The van der Waals surface area contributed by atoms with Crippen molar-refractivity contribution in [3.8, 4) is 34.5 Å². The molecule has 0 fully saturated rings. The highest BCUT2D eigenvalue weighted by Gasteiger charge is 2.14. The SMILES string of the molecule is COc1cc(/C=C/c2cc(OC)c(OC)c(OC)c2)cc(NC(=O)/C=C/c2ccccc2O)c1O. The summed E-state index contributed by atoms with van der Waals surface area (Å²) in [4.78, 5) is 12.5. The maximum Gasteiger partial charge on any atom is 0.248 e. The molecule has 3 N–H and O–H groups in total. The molecule has 3 aromatic carbocycles. The highest BCUT2D eigenvalue weighted by atomic mass is 16.5. The standard InChI is InChI=1S/C27H27NO7/c1-32-22-14-17(9-10-18-15-23(33-2)27(35-4)24(16-18)34-3)13-20(26(22)31)28-25(30)12-11-19-7-5-6-8-21(19)29/h5-16,29,31H,1-4H3,(H,28,30)/b10-9+,12-11+. The number of hydrogen-bond acceptors (Lipinski definition) is 7. The number of nitrogens with one attached hydrogen (secondary N) is 1. The molecule has 3 aromatic rings. The van der Waals surface area contributed by atoms with Crippen molar-refractivity contribution in [3.05, 3.63) is 71.3 Å². The monoisotopic (exact) mass is 477 g/mol. The van der Waals surface area contributed by atoms with Gasteiger partial charge in [-0.3, -0.25) is 4.79 Å². The van der Waals surface area contributed by atoms with E-state index in [1.54, 1.807) is 48.5 Å². The van der Waals surface area contributed by atoms with Crippen LogP contribution in [0, 0.1) is 0 Å². The van der Waals surface area contributed by atoms with Crippen molar-refractivity contribution in [1.29, 1.82) is 0 Å². The van der Waals surface area contributed by atoms with Crippen LogP contribution >= 0.6 is 0 Å². The molecule has 0 aromatic heterocycles. The molecule has 0 saturated heterocycles. The molecular weight excluding hydrogens is 450 g/mol. The van der Waals surface area contributed by atoms with Crippen LogP contribution in [0.15, 0.2) is 54.6 Å². The van der Waals surface area contributed by atoms with Gasteiger partial charge in [0.05, 0.1) is 34.1 Å². The third-order valence-electron chi connectivity index (χ3n) is 5.08. The number of amides is 1. The molecule has 0 aliphatic carbocycles. The fraction of sp³-hybridized carbons (Fsp3) is 0.148. The normalized spacial score (nSPS) is 11.0. The quantitative estimate of drug-likeness (QED) is 0.227. The molecule has 0 spiro atoms. The molecule has 35 heavy (non-hydrogen) atoms. The summed E-state index contributed by atoms with van der Waals surface area (Å²) >= 11 is 0. The van der Waals surface area contributed by atoms with Gasteiger partial charge in [-0.25, -0.2) is 0 Å². The largest absolute Gasteiger partial charge is 0.507 e. The first-order chi connectivity index (χ1) is 16.9. The van der Waals surface area contributed by atoms with Crippen LogP contribution in [0.1, 0.15) is 16.7 Å². The third-order valence-corrected chi connectivity index (χ3v) is 5.08. The summed E-state index contributed by atoms with van der Waals surface area (Å²) in [5.41, 5.74) is 2.10. The van der Waals surface area contributed by atoms with Crippen molar-refractivity contribution in [2.45, 2.75) is 0 Å². The Kier molecular flexibility index (Phi) is 8.24. The molecule has 0 aliphatic rings. The van der Waals surface area contributed by atoms with Gasteiger partial charge in [0.15, 0.2) is 23.0 Å². The number of carbonyl (C=O) groups excluding carboxylic acids is 1. The minimum atomic E-state index is -0.489. The Bertz CT molecular complexity index is 1240. The minimum Gasteiger partial charge on any atom is -0.507 e. The average molecular weight is 478 g/mol. The highest BCUT2D eigenvalue weighted by Crippen LogP contribution is 2.39. The molecule has 0 atom stereocenters. The number of anilines is 1. The fourth-order valence-corrected chi connectivity index (χ4v) is 3.33. The summed E-state index contributed by atoms with van der Waals surface area (Å²) < 4.78 is 21.4. The number of ether oxygens (including phenoxy) is 4. The smallest absolute Gasteiger partial charge is 0.248 e. The van der Waals surface area contributed by atoms with Crippen LogP contribution < -0.4 is 24.3 Å².